The SMILES string of the molecule is COc1cc(OP(=O)(ONc2cnccn2)/C(=C\C(C)C)C(C)C)cc(OC)c1O. The Labute approximate surface area is 176 Å². The molecular weight excluding hydrogens is 409 g/mol. The van der Waals surface area contributed by atoms with Crippen LogP contribution in [0.2, 0.25) is 0 Å². The van der Waals surface area contributed by atoms with Crippen LogP contribution in [0.5, 0.6) is 23.0 Å². The highest BCUT2D eigenvalue weighted by atomic mass is 31.2. The fraction of sp³-hybridized carbons (Fsp3) is 0.400. The molecule has 0 radical (unpaired) electrons. The molecule has 1 atom stereocenters. The number of phenolic OH excluding ortho intramolecular Hbond substituents is 1. The molecule has 0 aliphatic carbocycles. The van der Waals surface area contributed by atoms with E-state index in [0.717, 1.165) is 0 Å². The maximum absolute atomic E-state index is 13.9. The van der Waals surface area contributed by atoms with Crippen LogP contribution in [-0.2, 0) is 9.19 Å². The Bertz CT molecular complexity index is 893. The molecule has 2 aromatic rings. The van der Waals surface area contributed by atoms with Crippen LogP contribution in [0.3, 0.4) is 0 Å². The molecule has 2 rings (SSSR count). The summed E-state index contributed by atoms with van der Waals surface area (Å²) in [5, 5.41) is 10.6. The maximum atomic E-state index is 13.9. The van der Waals surface area contributed by atoms with Crippen molar-refractivity contribution in [2.45, 2.75) is 27.7 Å². The van der Waals surface area contributed by atoms with E-state index in [1.165, 1.54) is 44.9 Å². The summed E-state index contributed by atoms with van der Waals surface area (Å²) in [6.07, 6.45) is 6.26. The second-order valence-corrected chi connectivity index (χ2v) is 8.92. The molecule has 2 N–H and O–H groups in total. The van der Waals surface area contributed by atoms with E-state index in [1.54, 1.807) is 0 Å². The Balaban J connectivity index is 2.49. The topological polar surface area (TPSA) is 112 Å². The van der Waals surface area contributed by atoms with Gasteiger partial charge in [-0.3, -0.25) is 4.98 Å². The van der Waals surface area contributed by atoms with Crippen LogP contribution in [0, 0.1) is 11.8 Å². The van der Waals surface area contributed by atoms with E-state index >= 15 is 0 Å². The summed E-state index contributed by atoms with van der Waals surface area (Å²) in [5.74, 6) is 0.401. The van der Waals surface area contributed by atoms with Crippen molar-refractivity contribution in [3.05, 3.63) is 42.1 Å². The summed E-state index contributed by atoms with van der Waals surface area (Å²) in [5.41, 5.74) is 2.57. The number of allylic oxidation sites excluding steroid dienone is 2. The largest absolute Gasteiger partial charge is 0.502 e. The van der Waals surface area contributed by atoms with Crippen LogP contribution in [0.4, 0.5) is 5.82 Å². The number of nitrogens with one attached hydrogen (secondary N) is 1. The van der Waals surface area contributed by atoms with E-state index < -0.39 is 7.60 Å². The van der Waals surface area contributed by atoms with E-state index in [4.69, 9.17) is 18.6 Å². The number of methoxy groups -OCH3 is 2. The summed E-state index contributed by atoms with van der Waals surface area (Å²) in [7, 11) is -1.13. The zero-order valence-corrected chi connectivity index (χ0v) is 18.8. The smallest absolute Gasteiger partial charge is 0.427 e. The molecule has 0 amide bonds. The van der Waals surface area contributed by atoms with Gasteiger partial charge in [0.05, 0.1) is 25.7 Å². The summed E-state index contributed by atoms with van der Waals surface area (Å²) in [6.45, 7) is 7.73. The molecule has 1 heterocycles. The minimum absolute atomic E-state index is 0.100. The van der Waals surface area contributed by atoms with Gasteiger partial charge >= 0.3 is 7.60 Å². The van der Waals surface area contributed by atoms with Crippen LogP contribution < -0.4 is 19.5 Å². The predicted octanol–water partition coefficient (Wildman–Crippen LogP) is 5.01. The third kappa shape index (κ3) is 5.87. The van der Waals surface area contributed by atoms with Crippen molar-refractivity contribution < 1.29 is 28.3 Å². The molecule has 1 unspecified atom stereocenters. The van der Waals surface area contributed by atoms with Crippen molar-refractivity contribution >= 4 is 13.4 Å². The van der Waals surface area contributed by atoms with Crippen molar-refractivity contribution in [1.82, 2.24) is 9.97 Å². The first-order valence-corrected chi connectivity index (χ1v) is 10.9. The zero-order valence-electron chi connectivity index (χ0n) is 17.9. The number of nitrogens with zero attached hydrogens (tertiary/aromatic N) is 2. The second kappa shape index (κ2) is 10.3. The number of ether oxygens (including phenoxy) is 2. The number of rotatable bonds is 10. The van der Waals surface area contributed by atoms with Gasteiger partial charge in [-0.2, -0.15) is 4.62 Å². The fourth-order valence-corrected chi connectivity index (χ4v) is 4.54. The lowest BCUT2D eigenvalue weighted by Gasteiger charge is -2.25. The number of phenols is 1. The molecule has 164 valence electrons. The minimum Gasteiger partial charge on any atom is -0.502 e. The van der Waals surface area contributed by atoms with Gasteiger partial charge in [-0.05, 0) is 11.8 Å². The predicted molar refractivity (Wildman–Crippen MR) is 114 cm³/mol. The lowest BCUT2D eigenvalue weighted by atomic mass is 10.1. The molecule has 0 fully saturated rings. The van der Waals surface area contributed by atoms with E-state index in [0.29, 0.717) is 5.31 Å². The number of aromatic hydroxyl groups is 1. The molecule has 30 heavy (non-hydrogen) atoms. The molecule has 0 spiro atoms. The highest BCUT2D eigenvalue weighted by Crippen LogP contribution is 2.59. The van der Waals surface area contributed by atoms with Gasteiger partial charge < -0.3 is 19.1 Å². The Morgan fingerprint density at radius 2 is 1.77 bits per heavy atom. The molecule has 0 saturated heterocycles. The number of hydrogen-bond acceptors (Lipinski definition) is 9. The van der Waals surface area contributed by atoms with Crippen molar-refractivity contribution in [1.29, 1.82) is 0 Å². The summed E-state index contributed by atoms with van der Waals surface area (Å²) < 4.78 is 35.7. The van der Waals surface area contributed by atoms with Crippen molar-refractivity contribution in [3.63, 3.8) is 0 Å². The van der Waals surface area contributed by atoms with Gasteiger partial charge in [0.25, 0.3) is 0 Å². The van der Waals surface area contributed by atoms with Gasteiger partial charge in [0, 0.05) is 24.5 Å². The zero-order chi connectivity index (χ0) is 22.3. The molecule has 1 aromatic carbocycles. The quantitative estimate of drug-likeness (QED) is 0.391. The molecule has 1 aromatic heterocycles. The Kier molecular flexibility index (Phi) is 8.08. The molecule has 0 bridgehead atoms. The number of hydrogen-bond donors (Lipinski definition) is 2. The highest BCUT2D eigenvalue weighted by Gasteiger charge is 2.36. The van der Waals surface area contributed by atoms with E-state index in [1.807, 2.05) is 33.8 Å². The normalized spacial score (nSPS) is 13.8. The average molecular weight is 437 g/mol. The lowest BCUT2D eigenvalue weighted by molar-refractivity contribution is 0.313. The van der Waals surface area contributed by atoms with E-state index in [2.05, 4.69) is 15.4 Å². The highest BCUT2D eigenvalue weighted by molar-refractivity contribution is 7.58. The lowest BCUT2D eigenvalue weighted by Crippen LogP contribution is -2.11. The standard InChI is InChI=1S/C20H28N3O6P/c1-13(2)9-18(14(3)4)30(25,29-23-19-12-21-7-8-22-19)28-15-10-16(26-5)20(24)17(11-15)27-6/h7-14,24H,1-6H3,(H,22,23)/b18-9-. The molecule has 0 aliphatic rings. The summed E-state index contributed by atoms with van der Waals surface area (Å²) >= 11 is 0. The molecule has 9 nitrogen and oxygen atoms in total. The summed E-state index contributed by atoms with van der Waals surface area (Å²) in [6, 6.07) is 2.81. The second-order valence-electron chi connectivity index (χ2n) is 7.04. The van der Waals surface area contributed by atoms with Crippen molar-refractivity contribution in [2.24, 2.45) is 11.8 Å². The number of benzene rings is 1. The van der Waals surface area contributed by atoms with Gasteiger partial charge in [-0.1, -0.05) is 33.8 Å². The Hall–Kier alpha value is -2.77. The first-order chi connectivity index (χ1) is 14.2. The van der Waals surface area contributed by atoms with Gasteiger partial charge in [-0.25, -0.2) is 15.0 Å². The Morgan fingerprint density at radius 3 is 2.23 bits per heavy atom. The molecule has 0 aliphatic heterocycles. The van der Waals surface area contributed by atoms with E-state index in [9.17, 15) is 9.67 Å². The average Bonchev–Trinajstić information content (AvgIpc) is 2.72. The van der Waals surface area contributed by atoms with Crippen LogP contribution in [0.25, 0.3) is 0 Å². The fourth-order valence-electron chi connectivity index (χ4n) is 2.59. The monoisotopic (exact) mass is 437 g/mol. The Morgan fingerprint density at radius 1 is 1.13 bits per heavy atom. The van der Waals surface area contributed by atoms with Crippen LogP contribution in [0.1, 0.15) is 27.7 Å². The van der Waals surface area contributed by atoms with Gasteiger partial charge in [0.15, 0.2) is 17.3 Å². The first kappa shape index (κ1) is 23.5. The number of anilines is 1. The minimum atomic E-state index is -3.91. The van der Waals surface area contributed by atoms with Crippen LogP contribution in [0.15, 0.2) is 42.1 Å². The van der Waals surface area contributed by atoms with Crippen molar-refractivity contribution in [2.75, 3.05) is 19.7 Å². The first-order valence-electron chi connectivity index (χ1n) is 9.37. The van der Waals surface area contributed by atoms with E-state index in [-0.39, 0.29) is 40.7 Å². The van der Waals surface area contributed by atoms with Crippen molar-refractivity contribution in [3.8, 4) is 23.0 Å². The van der Waals surface area contributed by atoms with Crippen LogP contribution >= 0.6 is 7.60 Å². The third-order valence-corrected chi connectivity index (χ3v) is 6.01. The van der Waals surface area contributed by atoms with Gasteiger partial charge in [0.1, 0.15) is 5.75 Å². The van der Waals surface area contributed by atoms with Crippen LogP contribution in [-0.4, -0.2) is 29.3 Å². The molecule has 0 saturated carbocycles. The third-order valence-electron chi connectivity index (χ3n) is 3.92. The van der Waals surface area contributed by atoms with Gasteiger partial charge in [-0.15, -0.1) is 0 Å². The van der Waals surface area contributed by atoms with Gasteiger partial charge in [0.2, 0.25) is 5.75 Å². The molecule has 10 heteroatoms. The maximum Gasteiger partial charge on any atom is 0.427 e. The summed E-state index contributed by atoms with van der Waals surface area (Å²) in [4.78, 5) is 7.99. The molecular formula is C20H28N3O6P. The number of aromatic nitrogens is 2.